The van der Waals surface area contributed by atoms with E-state index in [1.807, 2.05) is 45.2 Å². The first-order valence-electron chi connectivity index (χ1n) is 15.1. The van der Waals surface area contributed by atoms with Gasteiger partial charge < -0.3 is 30.7 Å². The van der Waals surface area contributed by atoms with Crippen molar-refractivity contribution in [3.8, 4) is 0 Å². The lowest BCUT2D eigenvalue weighted by Crippen LogP contribution is -2.51. The number of urea groups is 1. The number of amides is 4. The van der Waals surface area contributed by atoms with E-state index in [4.69, 9.17) is 17.3 Å². The first-order chi connectivity index (χ1) is 20.1. The van der Waals surface area contributed by atoms with Gasteiger partial charge in [-0.15, -0.1) is 11.3 Å². The van der Waals surface area contributed by atoms with Crippen LogP contribution in [0.1, 0.15) is 55.0 Å². The minimum Gasteiger partial charge on any atom is -0.397 e. The number of piperidine rings is 2. The Balaban J connectivity index is 1.25. The van der Waals surface area contributed by atoms with E-state index in [1.165, 1.54) is 0 Å². The van der Waals surface area contributed by atoms with Crippen molar-refractivity contribution in [1.82, 2.24) is 19.6 Å². The molecule has 1 aromatic carbocycles. The molecular formula is C31H43ClN6O3S. The molecule has 0 aliphatic carbocycles. The van der Waals surface area contributed by atoms with Crippen LogP contribution in [-0.4, -0.2) is 89.8 Å². The molecule has 2 fully saturated rings. The zero-order chi connectivity index (χ0) is 30.0. The Morgan fingerprint density at radius 3 is 2.48 bits per heavy atom. The number of carbonyl (C=O) groups excluding carboxylic acids is 3. The molecule has 1 aromatic heterocycles. The molecule has 4 heterocycles. The number of halogens is 1. The molecule has 42 heavy (non-hydrogen) atoms. The molecule has 2 aromatic rings. The fourth-order valence-corrected chi connectivity index (χ4v) is 7.68. The van der Waals surface area contributed by atoms with Crippen LogP contribution >= 0.6 is 22.9 Å². The molecule has 9 nitrogen and oxygen atoms in total. The van der Waals surface area contributed by atoms with Crippen molar-refractivity contribution < 1.29 is 14.4 Å². The molecule has 0 spiro atoms. The number of nitrogens with one attached hydrogen (secondary N) is 1. The van der Waals surface area contributed by atoms with Gasteiger partial charge in [0.2, 0.25) is 11.8 Å². The summed E-state index contributed by atoms with van der Waals surface area (Å²) in [7, 11) is 4.17. The summed E-state index contributed by atoms with van der Waals surface area (Å²) in [6.07, 6.45) is 4.65. The Kier molecular flexibility index (Phi) is 9.64. The third kappa shape index (κ3) is 6.71. The Hall–Kier alpha value is -2.82. The van der Waals surface area contributed by atoms with Gasteiger partial charge in [-0.05, 0) is 81.3 Å². The number of carbonyl (C=O) groups is 3. The summed E-state index contributed by atoms with van der Waals surface area (Å²) in [6, 6.07) is 6.30. The van der Waals surface area contributed by atoms with Gasteiger partial charge in [-0.3, -0.25) is 9.59 Å². The van der Waals surface area contributed by atoms with Crippen LogP contribution in [0.25, 0.3) is 0 Å². The van der Waals surface area contributed by atoms with Crippen LogP contribution in [0.5, 0.6) is 0 Å². The molecule has 3 N–H and O–H groups in total. The average Bonchev–Trinajstić information content (AvgIpc) is 3.45. The minimum absolute atomic E-state index is 0.00382. The normalized spacial score (nSPS) is 19.2. The van der Waals surface area contributed by atoms with Crippen LogP contribution in [0.4, 0.5) is 16.2 Å². The number of nitrogens with two attached hydrogens (primary N) is 1. The molecule has 3 aliphatic heterocycles. The number of fused-ring (bicyclic) bond motifs is 1. The minimum atomic E-state index is -0.472. The van der Waals surface area contributed by atoms with Crippen LogP contribution in [0.15, 0.2) is 23.6 Å². The van der Waals surface area contributed by atoms with Crippen molar-refractivity contribution >= 4 is 52.2 Å². The van der Waals surface area contributed by atoms with Gasteiger partial charge >= 0.3 is 6.03 Å². The number of nitrogen functional groups attached to an aromatic ring is 1. The van der Waals surface area contributed by atoms with Crippen molar-refractivity contribution in [3.63, 3.8) is 0 Å². The number of benzene rings is 1. The van der Waals surface area contributed by atoms with Gasteiger partial charge in [-0.25, -0.2) is 4.79 Å². The Morgan fingerprint density at radius 1 is 1.12 bits per heavy atom. The number of thiophene rings is 1. The summed E-state index contributed by atoms with van der Waals surface area (Å²) in [5, 5.41) is 5.49. The van der Waals surface area contributed by atoms with Crippen LogP contribution < -0.4 is 11.1 Å². The topological polar surface area (TPSA) is 102 Å². The third-order valence-electron chi connectivity index (χ3n) is 9.23. The van der Waals surface area contributed by atoms with Crippen molar-refractivity contribution in [2.45, 2.75) is 70.5 Å². The van der Waals surface area contributed by atoms with E-state index in [2.05, 4.69) is 24.3 Å². The van der Waals surface area contributed by atoms with E-state index >= 15 is 0 Å². The van der Waals surface area contributed by atoms with Crippen LogP contribution in [0.3, 0.4) is 0 Å². The molecule has 1 atom stereocenters. The molecule has 0 bridgehead atoms. The first-order valence-corrected chi connectivity index (χ1v) is 16.3. The maximum atomic E-state index is 13.9. The van der Waals surface area contributed by atoms with Gasteiger partial charge in [0.05, 0.1) is 28.9 Å². The number of likely N-dealkylation sites (tertiary alicyclic amines) is 2. The van der Waals surface area contributed by atoms with Gasteiger partial charge in [0.1, 0.15) is 0 Å². The van der Waals surface area contributed by atoms with E-state index < -0.39 is 5.92 Å². The predicted molar refractivity (Wildman–Crippen MR) is 169 cm³/mol. The predicted octanol–water partition coefficient (Wildman–Crippen LogP) is 4.69. The second-order valence-electron chi connectivity index (χ2n) is 12.1. The third-order valence-corrected chi connectivity index (χ3v) is 10.5. The van der Waals surface area contributed by atoms with Gasteiger partial charge in [0.15, 0.2) is 0 Å². The highest BCUT2D eigenvalue weighted by atomic mass is 35.5. The number of hydrogen-bond donors (Lipinski definition) is 2. The fraction of sp³-hybridized carbons (Fsp3) is 0.581. The lowest BCUT2D eigenvalue weighted by atomic mass is 9.91. The Morgan fingerprint density at radius 2 is 1.81 bits per heavy atom. The summed E-state index contributed by atoms with van der Waals surface area (Å²) >= 11 is 8.11. The Labute approximate surface area is 257 Å². The highest BCUT2D eigenvalue weighted by Crippen LogP contribution is 2.32. The molecule has 4 amide bonds. The quantitative estimate of drug-likeness (QED) is 0.420. The number of aryl methyl sites for hydroxylation is 1. The zero-order valence-electron chi connectivity index (χ0n) is 24.9. The van der Waals surface area contributed by atoms with E-state index in [9.17, 15) is 14.4 Å². The standard InChI is InChI=1S/C31H43ClN6O3S/c1-4-21-15-20(17-25(32)29(21)33)16-22(30(40)37-12-5-23(6-13-37)35(2)3)18-28(39)36-10-7-24(8-11-36)38-19-27-26(9-14-42-27)34-31(38)41/h9,14-15,17,22-24H,4-8,10-13,16,18-19,33H2,1-3H3,(H,34,41)/t22-/m0/s1. The molecule has 228 valence electrons. The number of anilines is 2. The molecular weight excluding hydrogens is 572 g/mol. The van der Waals surface area contributed by atoms with E-state index in [-0.39, 0.29) is 30.3 Å². The lowest BCUT2D eigenvalue weighted by molar-refractivity contribution is -0.143. The second kappa shape index (κ2) is 13.2. The van der Waals surface area contributed by atoms with Gasteiger partial charge in [0.25, 0.3) is 0 Å². The van der Waals surface area contributed by atoms with E-state index in [1.54, 1.807) is 11.3 Å². The maximum Gasteiger partial charge on any atom is 0.322 e. The summed E-state index contributed by atoms with van der Waals surface area (Å²) in [5.41, 5.74) is 9.55. The van der Waals surface area contributed by atoms with Gasteiger partial charge in [-0.1, -0.05) is 24.6 Å². The number of hydrogen-bond acceptors (Lipinski definition) is 6. The molecule has 0 unspecified atom stereocenters. The number of rotatable bonds is 8. The Bertz CT molecular complexity index is 1300. The molecule has 0 saturated carbocycles. The summed E-state index contributed by atoms with van der Waals surface area (Å²) in [5.74, 6) is -0.435. The lowest BCUT2D eigenvalue weighted by Gasteiger charge is -2.40. The molecule has 5 rings (SSSR count). The molecule has 2 saturated heterocycles. The highest BCUT2D eigenvalue weighted by molar-refractivity contribution is 7.10. The summed E-state index contributed by atoms with van der Waals surface area (Å²) in [4.78, 5) is 49.4. The van der Waals surface area contributed by atoms with Crippen LogP contribution in [0, 0.1) is 5.92 Å². The highest BCUT2D eigenvalue weighted by Gasteiger charge is 2.35. The zero-order valence-corrected chi connectivity index (χ0v) is 26.5. The summed E-state index contributed by atoms with van der Waals surface area (Å²) in [6.45, 7) is 5.20. The smallest absolute Gasteiger partial charge is 0.322 e. The van der Waals surface area contributed by atoms with Crippen LogP contribution in [-0.2, 0) is 29.0 Å². The largest absolute Gasteiger partial charge is 0.397 e. The molecule has 3 aliphatic rings. The average molecular weight is 615 g/mol. The van der Waals surface area contributed by atoms with Gasteiger partial charge in [0, 0.05) is 49.6 Å². The molecule has 11 heteroatoms. The fourth-order valence-electron chi connectivity index (χ4n) is 6.59. The monoisotopic (exact) mass is 614 g/mol. The maximum absolute atomic E-state index is 13.9. The van der Waals surface area contributed by atoms with Crippen molar-refractivity contribution in [2.75, 3.05) is 51.3 Å². The second-order valence-corrected chi connectivity index (χ2v) is 13.5. The first kappa shape index (κ1) is 30.6. The van der Waals surface area contributed by atoms with E-state index in [0.29, 0.717) is 55.9 Å². The van der Waals surface area contributed by atoms with Gasteiger partial charge in [-0.2, -0.15) is 0 Å². The van der Waals surface area contributed by atoms with Crippen molar-refractivity contribution in [3.05, 3.63) is 44.6 Å². The molecule has 0 radical (unpaired) electrons. The van der Waals surface area contributed by atoms with E-state index in [0.717, 1.165) is 53.8 Å². The van der Waals surface area contributed by atoms with Crippen LogP contribution in [0.2, 0.25) is 5.02 Å². The number of nitrogens with zero attached hydrogens (tertiary/aromatic N) is 4. The van der Waals surface area contributed by atoms with Crippen molar-refractivity contribution in [2.24, 2.45) is 5.92 Å². The van der Waals surface area contributed by atoms with Crippen molar-refractivity contribution in [1.29, 1.82) is 0 Å². The SMILES string of the molecule is CCc1cc(C[C@@H](CC(=O)N2CCC(N3Cc4sccc4NC3=O)CC2)C(=O)N2CCC(N(C)C)CC2)cc(Cl)c1N. The summed E-state index contributed by atoms with van der Waals surface area (Å²) < 4.78 is 0.